The van der Waals surface area contributed by atoms with Crippen LogP contribution in [0, 0.1) is 11.6 Å². The summed E-state index contributed by atoms with van der Waals surface area (Å²) < 4.78 is 53.9. The largest absolute Gasteiger partial charge is 0.240 e. The van der Waals surface area contributed by atoms with Crippen molar-refractivity contribution in [1.82, 2.24) is 4.72 Å². The van der Waals surface area contributed by atoms with Gasteiger partial charge in [0, 0.05) is 6.04 Å². The molecule has 0 saturated heterocycles. The highest BCUT2D eigenvalue weighted by Gasteiger charge is 2.21. The maximum absolute atomic E-state index is 13.3. The van der Waals surface area contributed by atoms with Crippen molar-refractivity contribution in [2.24, 2.45) is 0 Å². The molecule has 24 heavy (non-hydrogen) atoms. The first-order chi connectivity index (χ1) is 11.5. The van der Waals surface area contributed by atoms with E-state index in [1.807, 2.05) is 0 Å². The van der Waals surface area contributed by atoms with Gasteiger partial charge in [0.25, 0.3) is 0 Å². The van der Waals surface area contributed by atoms with Crippen molar-refractivity contribution in [2.45, 2.75) is 81.6 Å². The van der Waals surface area contributed by atoms with Crippen molar-refractivity contribution in [1.29, 1.82) is 0 Å². The van der Waals surface area contributed by atoms with E-state index in [1.54, 1.807) is 0 Å². The Bertz CT molecular complexity index is 607. The first-order valence-electron chi connectivity index (χ1n) is 8.96. The van der Waals surface area contributed by atoms with Crippen LogP contribution in [-0.2, 0) is 10.0 Å². The molecule has 1 N–H and O–H groups in total. The van der Waals surface area contributed by atoms with E-state index in [-0.39, 0.29) is 10.9 Å². The monoisotopic (exact) mass is 359 g/mol. The van der Waals surface area contributed by atoms with Gasteiger partial charge in [-0.2, -0.15) is 0 Å². The third-order valence-electron chi connectivity index (χ3n) is 4.63. The van der Waals surface area contributed by atoms with E-state index < -0.39 is 21.7 Å². The van der Waals surface area contributed by atoms with E-state index in [1.165, 1.54) is 32.1 Å². The van der Waals surface area contributed by atoms with Gasteiger partial charge in [0.1, 0.15) is 0 Å². The number of sulfonamides is 1. The lowest BCUT2D eigenvalue weighted by atomic mass is 9.98. The summed E-state index contributed by atoms with van der Waals surface area (Å²) in [5.41, 5.74) is 0. The number of hydrogen-bond donors (Lipinski definition) is 1. The number of hydrogen-bond acceptors (Lipinski definition) is 2. The molecule has 0 bridgehead atoms. The normalized spacial score (nSPS) is 19.4. The third kappa shape index (κ3) is 6.13. The minimum atomic E-state index is -3.82. The molecule has 0 amide bonds. The van der Waals surface area contributed by atoms with Gasteiger partial charge in [0.15, 0.2) is 11.6 Å². The van der Waals surface area contributed by atoms with Crippen LogP contribution in [0.5, 0.6) is 0 Å². The molecule has 1 aliphatic rings. The van der Waals surface area contributed by atoms with Gasteiger partial charge in [-0.05, 0) is 31.0 Å². The molecule has 2 rings (SSSR count). The Morgan fingerprint density at radius 3 is 1.79 bits per heavy atom. The van der Waals surface area contributed by atoms with E-state index in [4.69, 9.17) is 0 Å². The minimum Gasteiger partial charge on any atom is -0.208 e. The maximum Gasteiger partial charge on any atom is 0.240 e. The van der Waals surface area contributed by atoms with Crippen LogP contribution in [0.15, 0.2) is 23.1 Å². The van der Waals surface area contributed by atoms with E-state index in [0.717, 1.165) is 56.7 Å². The summed E-state index contributed by atoms with van der Waals surface area (Å²) in [7, 11) is -3.82. The van der Waals surface area contributed by atoms with Crippen molar-refractivity contribution in [3.8, 4) is 0 Å². The van der Waals surface area contributed by atoms with Gasteiger partial charge < -0.3 is 0 Å². The smallest absolute Gasteiger partial charge is 0.208 e. The van der Waals surface area contributed by atoms with Crippen molar-refractivity contribution in [3.05, 3.63) is 29.8 Å². The molecule has 0 unspecified atom stereocenters. The quantitative estimate of drug-likeness (QED) is 0.833. The van der Waals surface area contributed by atoms with E-state index in [0.29, 0.717) is 0 Å². The van der Waals surface area contributed by atoms with Gasteiger partial charge in [-0.25, -0.2) is 21.9 Å². The molecule has 136 valence electrons. The number of halogens is 2. The highest BCUT2D eigenvalue weighted by atomic mass is 32.2. The van der Waals surface area contributed by atoms with Crippen LogP contribution < -0.4 is 4.72 Å². The molecular formula is C18H27F2NO2S. The Morgan fingerprint density at radius 1 is 0.792 bits per heavy atom. The predicted molar refractivity (Wildman–Crippen MR) is 91.3 cm³/mol. The van der Waals surface area contributed by atoms with Crippen LogP contribution in [0.3, 0.4) is 0 Å². The molecule has 0 aromatic heterocycles. The summed E-state index contributed by atoms with van der Waals surface area (Å²) in [5.74, 6) is -2.18. The average Bonchev–Trinajstić information content (AvgIpc) is 2.52. The fourth-order valence-corrected chi connectivity index (χ4v) is 4.53. The second kappa shape index (κ2) is 9.47. The molecule has 1 aromatic carbocycles. The summed E-state index contributed by atoms with van der Waals surface area (Å²) in [6, 6.07) is 2.57. The Hall–Kier alpha value is -1.01. The van der Waals surface area contributed by atoms with Crippen LogP contribution in [0.4, 0.5) is 8.78 Å². The summed E-state index contributed by atoms with van der Waals surface area (Å²) in [6.45, 7) is 0. The fourth-order valence-electron chi connectivity index (χ4n) is 3.21. The fraction of sp³-hybridized carbons (Fsp3) is 0.667. The average molecular weight is 359 g/mol. The Labute approximate surface area is 143 Å². The second-order valence-electron chi connectivity index (χ2n) is 6.65. The predicted octanol–water partition coefficient (Wildman–Crippen LogP) is 4.92. The van der Waals surface area contributed by atoms with Crippen molar-refractivity contribution in [3.63, 3.8) is 0 Å². The first kappa shape index (κ1) is 19.3. The molecule has 1 aliphatic carbocycles. The molecule has 1 saturated carbocycles. The molecular weight excluding hydrogens is 332 g/mol. The van der Waals surface area contributed by atoms with Gasteiger partial charge in [0.05, 0.1) is 4.90 Å². The highest BCUT2D eigenvalue weighted by Crippen LogP contribution is 2.20. The lowest BCUT2D eigenvalue weighted by Gasteiger charge is -2.19. The summed E-state index contributed by atoms with van der Waals surface area (Å²) in [6.07, 6.45) is 12.0. The third-order valence-corrected chi connectivity index (χ3v) is 6.15. The van der Waals surface area contributed by atoms with E-state index >= 15 is 0 Å². The number of benzene rings is 1. The lowest BCUT2D eigenvalue weighted by Crippen LogP contribution is -2.35. The van der Waals surface area contributed by atoms with Crippen LogP contribution in [0.1, 0.15) is 70.6 Å². The van der Waals surface area contributed by atoms with Crippen LogP contribution in [-0.4, -0.2) is 14.5 Å². The lowest BCUT2D eigenvalue weighted by molar-refractivity contribution is 0.439. The van der Waals surface area contributed by atoms with Gasteiger partial charge in [-0.1, -0.05) is 57.8 Å². The summed E-state index contributed by atoms with van der Waals surface area (Å²) >= 11 is 0. The topological polar surface area (TPSA) is 46.2 Å². The Kier molecular flexibility index (Phi) is 7.62. The van der Waals surface area contributed by atoms with Crippen LogP contribution in [0.2, 0.25) is 0 Å². The molecule has 1 fully saturated rings. The molecule has 0 radical (unpaired) electrons. The summed E-state index contributed by atoms with van der Waals surface area (Å²) in [4.78, 5) is -0.215. The van der Waals surface area contributed by atoms with Gasteiger partial charge >= 0.3 is 0 Å². The Balaban J connectivity index is 2.02. The van der Waals surface area contributed by atoms with Crippen LogP contribution >= 0.6 is 0 Å². The van der Waals surface area contributed by atoms with E-state index in [2.05, 4.69) is 4.72 Å². The molecule has 0 atom stereocenters. The van der Waals surface area contributed by atoms with Crippen molar-refractivity contribution < 1.29 is 17.2 Å². The molecule has 0 aliphatic heterocycles. The number of rotatable bonds is 3. The highest BCUT2D eigenvalue weighted by molar-refractivity contribution is 7.89. The molecule has 6 heteroatoms. The molecule has 0 spiro atoms. The van der Waals surface area contributed by atoms with Gasteiger partial charge in [-0.3, -0.25) is 0 Å². The first-order valence-corrected chi connectivity index (χ1v) is 10.4. The number of nitrogens with one attached hydrogen (secondary N) is 1. The zero-order valence-corrected chi connectivity index (χ0v) is 14.9. The second-order valence-corrected chi connectivity index (χ2v) is 8.37. The van der Waals surface area contributed by atoms with Crippen molar-refractivity contribution >= 4 is 10.0 Å². The maximum atomic E-state index is 13.3. The minimum absolute atomic E-state index is 0.137. The zero-order chi connectivity index (χ0) is 17.4. The van der Waals surface area contributed by atoms with Gasteiger partial charge in [-0.15, -0.1) is 0 Å². The molecule has 1 aromatic rings. The Morgan fingerprint density at radius 2 is 1.29 bits per heavy atom. The van der Waals surface area contributed by atoms with Crippen LogP contribution in [0.25, 0.3) is 0 Å². The standard InChI is InChI=1S/C18H27F2NO2S/c19-17-13-12-16(14-18(17)20)24(22,23)21-15-10-8-6-4-2-1-3-5-7-9-11-15/h12-15,21H,1-11H2. The van der Waals surface area contributed by atoms with E-state index in [9.17, 15) is 17.2 Å². The molecule has 0 heterocycles. The molecule has 3 nitrogen and oxygen atoms in total. The zero-order valence-electron chi connectivity index (χ0n) is 14.1. The summed E-state index contributed by atoms with van der Waals surface area (Å²) in [5, 5.41) is 0. The SMILES string of the molecule is O=S(=O)(NC1CCCCCCCCCCC1)c1ccc(F)c(F)c1. The van der Waals surface area contributed by atoms with Gasteiger partial charge in [0.2, 0.25) is 10.0 Å². The van der Waals surface area contributed by atoms with Crippen molar-refractivity contribution in [2.75, 3.05) is 0 Å².